The summed E-state index contributed by atoms with van der Waals surface area (Å²) >= 11 is 0. The molecule has 0 saturated carbocycles. The monoisotopic (exact) mass is 480 g/mol. The molecule has 2 amide bonds. The van der Waals surface area contributed by atoms with E-state index in [-0.39, 0.29) is 34.2 Å². The third kappa shape index (κ3) is 3.19. The molecule has 3 aromatic carbocycles. The van der Waals surface area contributed by atoms with Crippen molar-refractivity contribution in [2.45, 2.75) is 24.2 Å². The number of halogens is 1. The van der Waals surface area contributed by atoms with Gasteiger partial charge in [0, 0.05) is 12.6 Å². The summed E-state index contributed by atoms with van der Waals surface area (Å²) in [4.78, 5) is 26.2. The third-order valence-corrected chi connectivity index (χ3v) is 8.17. The van der Waals surface area contributed by atoms with Gasteiger partial charge in [-0.3, -0.25) is 13.9 Å². The number of rotatable bonds is 4. The number of benzene rings is 3. The number of fused-ring (bicyclic) bond motifs is 2. The number of anilines is 2. The first-order chi connectivity index (χ1) is 16.3. The van der Waals surface area contributed by atoms with Crippen molar-refractivity contribution in [1.82, 2.24) is 0 Å². The van der Waals surface area contributed by atoms with Gasteiger partial charge in [-0.15, -0.1) is 0 Å². The molecular formula is C25H21FN2O5S. The fraction of sp³-hybridized carbons (Fsp3) is 0.200. The number of carbonyl (C=O) groups excluding carboxylic acids is 2. The minimum absolute atomic E-state index is 0.131. The van der Waals surface area contributed by atoms with Gasteiger partial charge in [0.1, 0.15) is 10.6 Å². The SMILES string of the molecule is COc1cc(F)c(N2C(=O)c3ccccc3C2=O)cc1S(=O)(=O)N1CCC(C)c2ccccc21. The van der Waals surface area contributed by atoms with Crippen molar-refractivity contribution < 1.29 is 27.1 Å². The summed E-state index contributed by atoms with van der Waals surface area (Å²) in [5.41, 5.74) is 1.25. The Balaban J connectivity index is 1.65. The van der Waals surface area contributed by atoms with E-state index in [1.807, 2.05) is 19.1 Å². The van der Waals surface area contributed by atoms with Gasteiger partial charge in [0.2, 0.25) is 0 Å². The van der Waals surface area contributed by atoms with E-state index in [0.717, 1.165) is 17.7 Å². The predicted molar refractivity (Wildman–Crippen MR) is 125 cm³/mol. The molecule has 174 valence electrons. The number of hydrogen-bond acceptors (Lipinski definition) is 5. The van der Waals surface area contributed by atoms with Gasteiger partial charge in [0.05, 0.1) is 29.6 Å². The summed E-state index contributed by atoms with van der Waals surface area (Å²) < 4.78 is 49.3. The number of hydrogen-bond donors (Lipinski definition) is 0. The molecule has 7 nitrogen and oxygen atoms in total. The van der Waals surface area contributed by atoms with Gasteiger partial charge < -0.3 is 4.74 Å². The highest BCUT2D eigenvalue weighted by molar-refractivity contribution is 7.93. The zero-order valence-electron chi connectivity index (χ0n) is 18.5. The average Bonchev–Trinajstić information content (AvgIpc) is 3.09. The summed E-state index contributed by atoms with van der Waals surface area (Å²) in [6.45, 7) is 2.25. The van der Waals surface area contributed by atoms with Crippen LogP contribution in [0.2, 0.25) is 0 Å². The lowest BCUT2D eigenvalue weighted by atomic mass is 9.93. The molecule has 0 saturated heterocycles. The molecule has 1 unspecified atom stereocenters. The van der Waals surface area contributed by atoms with Gasteiger partial charge in [-0.25, -0.2) is 17.7 Å². The fourth-order valence-electron chi connectivity index (χ4n) is 4.55. The van der Waals surface area contributed by atoms with Crippen molar-refractivity contribution in [1.29, 1.82) is 0 Å². The Morgan fingerprint density at radius 1 is 0.941 bits per heavy atom. The molecule has 2 aliphatic heterocycles. The normalized spacial score (nSPS) is 17.6. The first-order valence-electron chi connectivity index (χ1n) is 10.7. The van der Waals surface area contributed by atoms with E-state index in [1.54, 1.807) is 24.3 Å². The van der Waals surface area contributed by atoms with E-state index < -0.39 is 33.3 Å². The first kappa shape index (κ1) is 22.1. The fourth-order valence-corrected chi connectivity index (χ4v) is 6.22. The number of amides is 2. The van der Waals surface area contributed by atoms with Crippen LogP contribution in [0.3, 0.4) is 0 Å². The summed E-state index contributed by atoms with van der Waals surface area (Å²) in [5, 5.41) is 0. The maximum atomic E-state index is 15.1. The Kier molecular flexibility index (Phi) is 5.16. The Bertz CT molecular complexity index is 1420. The number of para-hydroxylation sites is 1. The lowest BCUT2D eigenvalue weighted by molar-refractivity contribution is 0.0924. The zero-order valence-corrected chi connectivity index (χ0v) is 19.3. The first-order valence-corrected chi connectivity index (χ1v) is 12.2. The molecule has 9 heteroatoms. The van der Waals surface area contributed by atoms with Crippen LogP contribution in [0, 0.1) is 5.82 Å². The zero-order chi connectivity index (χ0) is 24.2. The Morgan fingerprint density at radius 3 is 2.21 bits per heavy atom. The smallest absolute Gasteiger partial charge is 0.268 e. The van der Waals surface area contributed by atoms with Gasteiger partial charge in [-0.1, -0.05) is 37.3 Å². The molecule has 0 bridgehead atoms. The molecule has 0 spiro atoms. The van der Waals surface area contributed by atoms with E-state index in [2.05, 4.69) is 0 Å². The lowest BCUT2D eigenvalue weighted by Gasteiger charge is -2.34. The van der Waals surface area contributed by atoms with Gasteiger partial charge in [0.25, 0.3) is 21.8 Å². The molecule has 3 aromatic rings. The van der Waals surface area contributed by atoms with Crippen LogP contribution in [0.15, 0.2) is 65.6 Å². The van der Waals surface area contributed by atoms with Crippen LogP contribution >= 0.6 is 0 Å². The van der Waals surface area contributed by atoms with Crippen LogP contribution < -0.4 is 13.9 Å². The molecular weight excluding hydrogens is 459 g/mol. The average molecular weight is 481 g/mol. The second kappa shape index (κ2) is 7.95. The van der Waals surface area contributed by atoms with E-state index in [1.165, 1.54) is 23.5 Å². The van der Waals surface area contributed by atoms with Gasteiger partial charge >= 0.3 is 0 Å². The number of carbonyl (C=O) groups is 2. The standard InChI is InChI=1S/C25H21FN2O5S/c1-15-11-12-27(20-10-6-5-7-16(15)20)34(31,32)23-14-21(19(26)13-22(23)33-2)28-24(29)17-8-3-4-9-18(17)25(28)30/h3-10,13-15H,11-12H2,1-2H3. The van der Waals surface area contributed by atoms with Crippen molar-refractivity contribution in [2.75, 3.05) is 22.9 Å². The number of methoxy groups -OCH3 is 1. The molecule has 0 aromatic heterocycles. The molecule has 0 N–H and O–H groups in total. The van der Waals surface area contributed by atoms with Crippen molar-refractivity contribution >= 4 is 33.2 Å². The van der Waals surface area contributed by atoms with E-state index in [4.69, 9.17) is 4.74 Å². The lowest BCUT2D eigenvalue weighted by Crippen LogP contribution is -2.37. The molecule has 2 heterocycles. The summed E-state index contributed by atoms with van der Waals surface area (Å²) in [5.74, 6) is -2.42. The number of ether oxygens (including phenoxy) is 1. The second-order valence-corrected chi connectivity index (χ2v) is 10.1. The largest absolute Gasteiger partial charge is 0.495 e. The highest BCUT2D eigenvalue weighted by atomic mass is 32.2. The van der Waals surface area contributed by atoms with E-state index >= 15 is 4.39 Å². The quantitative estimate of drug-likeness (QED) is 0.519. The van der Waals surface area contributed by atoms with E-state index in [9.17, 15) is 18.0 Å². The summed E-state index contributed by atoms with van der Waals surface area (Å²) in [6.07, 6.45) is 0.602. The summed E-state index contributed by atoms with van der Waals surface area (Å²) in [7, 11) is -2.98. The number of imide groups is 1. The van der Waals surface area contributed by atoms with Crippen LogP contribution in [0.1, 0.15) is 45.5 Å². The van der Waals surface area contributed by atoms with E-state index in [0.29, 0.717) is 17.0 Å². The molecule has 34 heavy (non-hydrogen) atoms. The minimum atomic E-state index is -4.22. The Hall–Kier alpha value is -3.72. The molecule has 0 fully saturated rings. The maximum absolute atomic E-state index is 15.1. The van der Waals surface area contributed by atoms with Crippen molar-refractivity contribution in [3.63, 3.8) is 0 Å². The molecule has 0 aliphatic carbocycles. The van der Waals surface area contributed by atoms with Crippen LogP contribution in [0.4, 0.5) is 15.8 Å². The van der Waals surface area contributed by atoms with Crippen LogP contribution in [-0.2, 0) is 10.0 Å². The highest BCUT2D eigenvalue weighted by Crippen LogP contribution is 2.41. The van der Waals surface area contributed by atoms with Gasteiger partial charge in [0.15, 0.2) is 5.82 Å². The van der Waals surface area contributed by atoms with Crippen molar-refractivity contribution in [3.05, 3.63) is 83.2 Å². The maximum Gasteiger partial charge on any atom is 0.268 e. The van der Waals surface area contributed by atoms with Crippen molar-refractivity contribution in [2.24, 2.45) is 0 Å². The van der Waals surface area contributed by atoms with Crippen LogP contribution in [0.5, 0.6) is 5.75 Å². The third-order valence-electron chi connectivity index (χ3n) is 6.34. The van der Waals surface area contributed by atoms with Crippen LogP contribution in [-0.4, -0.2) is 33.9 Å². The number of nitrogens with zero attached hydrogens (tertiary/aromatic N) is 2. The molecule has 2 aliphatic rings. The Labute approximate surface area is 196 Å². The molecule has 1 atom stereocenters. The topological polar surface area (TPSA) is 84.0 Å². The summed E-state index contributed by atoms with van der Waals surface area (Å²) in [6, 6.07) is 15.3. The molecule has 5 rings (SSSR count). The highest BCUT2D eigenvalue weighted by Gasteiger charge is 2.40. The predicted octanol–water partition coefficient (Wildman–Crippen LogP) is 4.34. The van der Waals surface area contributed by atoms with Gasteiger partial charge in [-0.2, -0.15) is 0 Å². The Morgan fingerprint density at radius 2 is 1.56 bits per heavy atom. The second-order valence-electron chi connectivity index (χ2n) is 8.27. The minimum Gasteiger partial charge on any atom is -0.495 e. The van der Waals surface area contributed by atoms with Crippen molar-refractivity contribution in [3.8, 4) is 5.75 Å². The van der Waals surface area contributed by atoms with Gasteiger partial charge in [-0.05, 0) is 42.2 Å². The number of sulfonamides is 1. The van der Waals surface area contributed by atoms with Crippen LogP contribution in [0.25, 0.3) is 0 Å². The molecule has 0 radical (unpaired) electrons.